The lowest BCUT2D eigenvalue weighted by molar-refractivity contribution is 0.517. The van der Waals surface area contributed by atoms with E-state index in [-0.39, 0.29) is 11.9 Å². The van der Waals surface area contributed by atoms with Crippen molar-refractivity contribution >= 4 is 17.2 Å². The van der Waals surface area contributed by atoms with Crippen LogP contribution in [0.1, 0.15) is 18.4 Å². The van der Waals surface area contributed by atoms with E-state index < -0.39 is 0 Å². The quantitative estimate of drug-likeness (QED) is 0.775. The van der Waals surface area contributed by atoms with Crippen LogP contribution in [-0.2, 0) is 0 Å². The second kappa shape index (κ2) is 6.32. The molecule has 9 heteroatoms. The van der Waals surface area contributed by atoms with Crippen LogP contribution in [-0.4, -0.2) is 44.4 Å². The van der Waals surface area contributed by atoms with E-state index in [1.165, 1.54) is 10.7 Å². The molecule has 1 aromatic carbocycles. The van der Waals surface area contributed by atoms with E-state index in [9.17, 15) is 4.39 Å². The molecule has 126 valence electrons. The Labute approximate surface area is 142 Å². The molecule has 0 aliphatic carbocycles. The van der Waals surface area contributed by atoms with Crippen molar-refractivity contribution < 1.29 is 4.39 Å². The SMILES string of the molecule is N#Cc1ccc(N2CCC[C@H](Nc3ccc4nnnn4n3)C2)c(F)c1. The summed E-state index contributed by atoms with van der Waals surface area (Å²) in [5.41, 5.74) is 1.43. The van der Waals surface area contributed by atoms with Gasteiger partial charge >= 0.3 is 0 Å². The molecule has 2 aromatic heterocycles. The number of piperidine rings is 1. The zero-order valence-corrected chi connectivity index (χ0v) is 13.3. The van der Waals surface area contributed by atoms with Crippen molar-refractivity contribution in [2.24, 2.45) is 0 Å². The van der Waals surface area contributed by atoms with E-state index in [2.05, 4.69) is 25.9 Å². The summed E-state index contributed by atoms with van der Waals surface area (Å²) in [5, 5.41) is 27.7. The number of hydrogen-bond acceptors (Lipinski definition) is 7. The first-order valence-electron chi connectivity index (χ1n) is 7.99. The van der Waals surface area contributed by atoms with Crippen LogP contribution >= 0.6 is 0 Å². The number of aromatic nitrogens is 5. The van der Waals surface area contributed by atoms with Crippen LogP contribution in [0, 0.1) is 17.1 Å². The molecule has 0 amide bonds. The molecule has 1 atom stereocenters. The number of fused-ring (bicyclic) bond motifs is 1. The predicted molar refractivity (Wildman–Crippen MR) is 88.5 cm³/mol. The Hall–Kier alpha value is -3.28. The van der Waals surface area contributed by atoms with Gasteiger partial charge in [0.2, 0.25) is 0 Å². The fourth-order valence-electron chi connectivity index (χ4n) is 3.08. The minimum absolute atomic E-state index is 0.130. The third-order valence-electron chi connectivity index (χ3n) is 4.26. The average Bonchev–Trinajstić information content (AvgIpc) is 3.09. The van der Waals surface area contributed by atoms with Crippen molar-refractivity contribution in [3.05, 3.63) is 41.7 Å². The molecule has 0 bridgehead atoms. The second-order valence-corrected chi connectivity index (χ2v) is 5.95. The van der Waals surface area contributed by atoms with E-state index in [1.807, 2.05) is 17.0 Å². The van der Waals surface area contributed by atoms with Gasteiger partial charge in [-0.25, -0.2) is 4.39 Å². The molecule has 0 radical (unpaired) electrons. The molecule has 4 rings (SSSR count). The van der Waals surface area contributed by atoms with Gasteiger partial charge < -0.3 is 10.2 Å². The molecule has 8 nitrogen and oxygen atoms in total. The normalized spacial score (nSPS) is 17.4. The van der Waals surface area contributed by atoms with E-state index >= 15 is 0 Å². The fourth-order valence-corrected chi connectivity index (χ4v) is 3.08. The highest BCUT2D eigenvalue weighted by Crippen LogP contribution is 2.25. The molecule has 1 aliphatic rings. The molecule has 1 aliphatic heterocycles. The molecule has 0 saturated carbocycles. The molecular formula is C16H15FN8. The maximum absolute atomic E-state index is 14.3. The molecule has 1 N–H and O–H groups in total. The van der Waals surface area contributed by atoms with E-state index in [0.717, 1.165) is 19.4 Å². The Morgan fingerprint density at radius 3 is 3.04 bits per heavy atom. The largest absolute Gasteiger partial charge is 0.367 e. The lowest BCUT2D eigenvalue weighted by Crippen LogP contribution is -2.42. The first-order valence-corrected chi connectivity index (χ1v) is 7.99. The van der Waals surface area contributed by atoms with Crippen LogP contribution in [0.2, 0.25) is 0 Å². The first-order chi connectivity index (χ1) is 12.2. The summed E-state index contributed by atoms with van der Waals surface area (Å²) in [7, 11) is 0. The number of rotatable bonds is 3. The summed E-state index contributed by atoms with van der Waals surface area (Å²) in [6.07, 6.45) is 1.90. The summed E-state index contributed by atoms with van der Waals surface area (Å²) in [5.74, 6) is 0.305. The van der Waals surface area contributed by atoms with Crippen molar-refractivity contribution in [2.45, 2.75) is 18.9 Å². The molecule has 25 heavy (non-hydrogen) atoms. The summed E-state index contributed by atoms with van der Waals surface area (Å²) < 4.78 is 15.6. The maximum Gasteiger partial charge on any atom is 0.200 e. The lowest BCUT2D eigenvalue weighted by atomic mass is 10.0. The molecule has 1 fully saturated rings. The monoisotopic (exact) mass is 338 g/mol. The minimum Gasteiger partial charge on any atom is -0.367 e. The minimum atomic E-state index is -0.368. The van der Waals surface area contributed by atoms with Crippen LogP contribution in [0.3, 0.4) is 0 Å². The van der Waals surface area contributed by atoms with Crippen LogP contribution in [0.5, 0.6) is 0 Å². The number of halogens is 1. The van der Waals surface area contributed by atoms with Gasteiger partial charge in [-0.1, -0.05) is 0 Å². The van der Waals surface area contributed by atoms with Gasteiger partial charge in [-0.3, -0.25) is 0 Å². The zero-order chi connectivity index (χ0) is 17.2. The summed E-state index contributed by atoms with van der Waals surface area (Å²) in [4.78, 5) is 1.99. The number of hydrogen-bond donors (Lipinski definition) is 1. The van der Waals surface area contributed by atoms with Crippen LogP contribution < -0.4 is 10.2 Å². The number of nitrogens with one attached hydrogen (secondary N) is 1. The topological polar surface area (TPSA) is 95.0 Å². The van der Waals surface area contributed by atoms with E-state index in [4.69, 9.17) is 5.26 Å². The number of anilines is 2. The van der Waals surface area contributed by atoms with Gasteiger partial charge in [0.05, 0.1) is 17.3 Å². The van der Waals surface area contributed by atoms with Crippen molar-refractivity contribution in [1.82, 2.24) is 25.3 Å². The molecule has 3 heterocycles. The van der Waals surface area contributed by atoms with Crippen molar-refractivity contribution in [3.63, 3.8) is 0 Å². The van der Waals surface area contributed by atoms with Gasteiger partial charge in [-0.2, -0.15) is 5.26 Å². The highest BCUT2D eigenvalue weighted by molar-refractivity contribution is 5.52. The average molecular weight is 338 g/mol. The highest BCUT2D eigenvalue weighted by Gasteiger charge is 2.22. The van der Waals surface area contributed by atoms with E-state index in [1.54, 1.807) is 18.2 Å². The zero-order valence-electron chi connectivity index (χ0n) is 13.3. The van der Waals surface area contributed by atoms with Crippen LogP contribution in [0.25, 0.3) is 5.65 Å². The number of benzene rings is 1. The second-order valence-electron chi connectivity index (χ2n) is 5.95. The third kappa shape index (κ3) is 3.06. The predicted octanol–water partition coefficient (Wildman–Crippen LogP) is 1.61. The Balaban J connectivity index is 1.50. The molecule has 1 saturated heterocycles. The van der Waals surface area contributed by atoms with Gasteiger partial charge in [0.25, 0.3) is 0 Å². The molecule has 3 aromatic rings. The Kier molecular flexibility index (Phi) is 3.85. The van der Waals surface area contributed by atoms with Gasteiger partial charge in [-0.15, -0.1) is 14.8 Å². The first kappa shape index (κ1) is 15.3. The molecule has 0 spiro atoms. The van der Waals surface area contributed by atoms with Gasteiger partial charge in [0.1, 0.15) is 11.6 Å². The van der Waals surface area contributed by atoms with Gasteiger partial charge in [0.15, 0.2) is 5.65 Å². The van der Waals surface area contributed by atoms with Crippen molar-refractivity contribution in [2.75, 3.05) is 23.3 Å². The lowest BCUT2D eigenvalue weighted by Gasteiger charge is -2.35. The van der Waals surface area contributed by atoms with Crippen LogP contribution in [0.4, 0.5) is 15.9 Å². The standard InChI is InChI=1S/C16H15FN8/c17-13-8-11(9-18)3-4-14(13)24-7-1-2-12(10-24)19-15-5-6-16-20-22-23-25(16)21-15/h3-6,8,12H,1-2,7,10H2,(H,19,21)/t12-/m0/s1. The number of tetrazole rings is 1. The Morgan fingerprint density at radius 2 is 2.20 bits per heavy atom. The number of nitrogens with zero attached hydrogens (tertiary/aromatic N) is 7. The fraction of sp³-hybridized carbons (Fsp3) is 0.312. The number of nitriles is 1. The van der Waals surface area contributed by atoms with Crippen molar-refractivity contribution in [3.8, 4) is 6.07 Å². The Morgan fingerprint density at radius 1 is 1.28 bits per heavy atom. The summed E-state index contributed by atoms with van der Waals surface area (Å²) in [6, 6.07) is 10.3. The van der Waals surface area contributed by atoms with Crippen molar-refractivity contribution in [1.29, 1.82) is 5.26 Å². The van der Waals surface area contributed by atoms with Crippen LogP contribution in [0.15, 0.2) is 30.3 Å². The maximum atomic E-state index is 14.3. The smallest absolute Gasteiger partial charge is 0.200 e. The molecular weight excluding hydrogens is 323 g/mol. The van der Waals surface area contributed by atoms with Gasteiger partial charge in [0, 0.05) is 19.1 Å². The highest BCUT2D eigenvalue weighted by atomic mass is 19.1. The van der Waals surface area contributed by atoms with Gasteiger partial charge in [-0.05, 0) is 53.6 Å². The third-order valence-corrected chi connectivity index (χ3v) is 4.26. The molecule has 0 unspecified atom stereocenters. The Bertz CT molecular complexity index is 947. The summed E-state index contributed by atoms with van der Waals surface area (Å²) in [6.45, 7) is 1.43. The summed E-state index contributed by atoms with van der Waals surface area (Å²) >= 11 is 0. The van der Waals surface area contributed by atoms with E-state index in [0.29, 0.717) is 29.3 Å².